The summed E-state index contributed by atoms with van der Waals surface area (Å²) in [5.74, 6) is -0.908. The van der Waals surface area contributed by atoms with Crippen LogP contribution in [0.5, 0.6) is 0 Å². The van der Waals surface area contributed by atoms with Crippen LogP contribution in [0.2, 0.25) is 0 Å². The molecule has 42 heavy (non-hydrogen) atoms. The van der Waals surface area contributed by atoms with Gasteiger partial charge in [0, 0.05) is 36.6 Å². The van der Waals surface area contributed by atoms with Gasteiger partial charge in [-0.25, -0.2) is 13.2 Å². The Labute approximate surface area is 249 Å². The van der Waals surface area contributed by atoms with Crippen LogP contribution in [0.3, 0.4) is 0 Å². The molecule has 216 valence electrons. The lowest BCUT2D eigenvalue weighted by Crippen LogP contribution is -2.35. The summed E-state index contributed by atoms with van der Waals surface area (Å²) in [6.07, 6.45) is 2.26. The van der Waals surface area contributed by atoms with Crippen molar-refractivity contribution in [2.24, 2.45) is 0 Å². The van der Waals surface area contributed by atoms with Crippen molar-refractivity contribution < 1.29 is 22.7 Å². The summed E-state index contributed by atoms with van der Waals surface area (Å²) in [6.45, 7) is 2.66. The van der Waals surface area contributed by atoms with Crippen molar-refractivity contribution in [1.82, 2.24) is 4.90 Å². The first kappa shape index (κ1) is 28.1. The van der Waals surface area contributed by atoms with E-state index >= 15 is 0 Å². The van der Waals surface area contributed by atoms with Crippen molar-refractivity contribution in [2.75, 3.05) is 29.8 Å². The lowest BCUT2D eigenvalue weighted by atomic mass is 10.0. The second-order valence-corrected chi connectivity index (χ2v) is 13.4. The smallest absolute Gasteiger partial charge is 0.341 e. The average molecular weight is 602 g/mol. The number of esters is 1. The minimum atomic E-state index is -3.79. The standard InChI is InChI=1S/C32H31N3O5S2/c1-40-32(37)29-26-17-19-34(20-22-8-3-2-4-9-22)21-28(26)41-31(29)33-30(36)24-13-15-25(16-14-24)42(38,39)35-18-7-11-23-10-5-6-12-27(23)35/h2-6,8-10,12-16H,7,11,17-21H2,1H3,(H,33,36). The highest BCUT2D eigenvalue weighted by atomic mass is 32.2. The number of amides is 1. The third-order valence-corrected chi connectivity index (χ3v) is 10.7. The van der Waals surface area contributed by atoms with Gasteiger partial charge in [0.1, 0.15) is 5.00 Å². The van der Waals surface area contributed by atoms with Crippen LogP contribution >= 0.6 is 11.3 Å². The van der Waals surface area contributed by atoms with Gasteiger partial charge in [-0.3, -0.25) is 14.0 Å². The summed E-state index contributed by atoms with van der Waals surface area (Å²) in [7, 11) is -2.45. The van der Waals surface area contributed by atoms with Gasteiger partial charge in [0.15, 0.2) is 0 Å². The molecular formula is C32H31N3O5S2. The SMILES string of the molecule is COC(=O)c1c(NC(=O)c2ccc(S(=O)(=O)N3CCCc4ccccc43)cc2)sc2c1CCN(Cc1ccccc1)C2. The molecule has 1 aromatic heterocycles. The number of nitrogens with zero attached hydrogens (tertiary/aromatic N) is 2. The van der Waals surface area contributed by atoms with Gasteiger partial charge in [-0.05, 0) is 66.3 Å². The van der Waals surface area contributed by atoms with E-state index in [1.165, 1.54) is 52.6 Å². The predicted octanol–water partition coefficient (Wildman–Crippen LogP) is 5.49. The van der Waals surface area contributed by atoms with Gasteiger partial charge in [0.05, 0.1) is 23.3 Å². The molecule has 3 heterocycles. The van der Waals surface area contributed by atoms with Crippen LogP contribution in [0, 0.1) is 0 Å². The maximum absolute atomic E-state index is 13.5. The van der Waals surface area contributed by atoms with Crippen LogP contribution in [0.4, 0.5) is 10.7 Å². The van der Waals surface area contributed by atoms with Crippen molar-refractivity contribution in [3.63, 3.8) is 0 Å². The predicted molar refractivity (Wildman–Crippen MR) is 164 cm³/mol. The Balaban J connectivity index is 1.21. The fraction of sp³-hybridized carbons (Fsp3) is 0.250. The van der Waals surface area contributed by atoms with Gasteiger partial charge in [0.25, 0.3) is 15.9 Å². The number of hydrogen-bond acceptors (Lipinski definition) is 7. The maximum atomic E-state index is 13.5. The highest BCUT2D eigenvalue weighted by Gasteiger charge is 2.31. The molecule has 10 heteroatoms. The molecule has 0 saturated heterocycles. The van der Waals surface area contributed by atoms with E-state index in [1.807, 2.05) is 42.5 Å². The summed E-state index contributed by atoms with van der Waals surface area (Å²) in [4.78, 5) is 29.6. The molecule has 0 spiro atoms. The largest absolute Gasteiger partial charge is 0.465 e. The number of sulfonamides is 1. The zero-order valence-corrected chi connectivity index (χ0v) is 24.8. The lowest BCUT2D eigenvalue weighted by Gasteiger charge is -2.30. The molecule has 0 bridgehead atoms. The second kappa shape index (κ2) is 11.7. The Kier molecular flexibility index (Phi) is 7.85. The van der Waals surface area contributed by atoms with Crippen molar-refractivity contribution >= 4 is 43.9 Å². The molecule has 8 nitrogen and oxygen atoms in total. The zero-order chi connectivity index (χ0) is 29.3. The summed E-state index contributed by atoms with van der Waals surface area (Å²) in [5.41, 5.74) is 4.52. The van der Waals surface area contributed by atoms with E-state index < -0.39 is 21.9 Å². The topological polar surface area (TPSA) is 96.0 Å². The molecule has 2 aliphatic heterocycles. The molecule has 0 saturated carbocycles. The number of anilines is 2. The monoisotopic (exact) mass is 601 g/mol. The van der Waals surface area contributed by atoms with Crippen LogP contribution in [0.25, 0.3) is 0 Å². The Bertz CT molecular complexity index is 1730. The summed E-state index contributed by atoms with van der Waals surface area (Å²) in [5, 5.41) is 3.34. The molecule has 0 atom stereocenters. The van der Waals surface area contributed by atoms with E-state index in [0.29, 0.717) is 41.3 Å². The fourth-order valence-corrected chi connectivity index (χ4v) is 8.48. The van der Waals surface area contributed by atoms with Crippen LogP contribution in [-0.2, 0) is 40.7 Å². The first-order valence-electron chi connectivity index (χ1n) is 13.9. The van der Waals surface area contributed by atoms with Crippen LogP contribution in [0.15, 0.2) is 83.8 Å². The van der Waals surface area contributed by atoms with Gasteiger partial charge in [0.2, 0.25) is 0 Å². The fourth-order valence-electron chi connectivity index (χ4n) is 5.67. The number of nitrogens with one attached hydrogen (secondary N) is 1. The Morgan fingerprint density at radius 3 is 2.43 bits per heavy atom. The van der Waals surface area contributed by atoms with Gasteiger partial charge in [-0.1, -0.05) is 48.5 Å². The number of carbonyl (C=O) groups excluding carboxylic acids is 2. The molecule has 0 aliphatic carbocycles. The second-order valence-electron chi connectivity index (χ2n) is 10.4. The van der Waals surface area contributed by atoms with Crippen LogP contribution in [-0.4, -0.2) is 45.4 Å². The first-order chi connectivity index (χ1) is 20.3. The van der Waals surface area contributed by atoms with E-state index in [9.17, 15) is 18.0 Å². The molecule has 0 unspecified atom stereocenters. The van der Waals surface area contributed by atoms with Gasteiger partial charge < -0.3 is 10.1 Å². The summed E-state index contributed by atoms with van der Waals surface area (Å²) in [6, 6.07) is 23.7. The third kappa shape index (κ3) is 5.45. The van der Waals surface area contributed by atoms with E-state index in [4.69, 9.17) is 4.74 Å². The normalized spacial score (nSPS) is 15.0. The number of benzene rings is 3. The van der Waals surface area contributed by atoms with E-state index in [-0.39, 0.29) is 4.90 Å². The number of rotatable bonds is 7. The molecule has 0 radical (unpaired) electrons. The number of methoxy groups -OCH3 is 1. The Morgan fingerprint density at radius 1 is 0.929 bits per heavy atom. The highest BCUT2D eigenvalue weighted by Crippen LogP contribution is 2.38. The van der Waals surface area contributed by atoms with Crippen molar-refractivity contribution in [1.29, 1.82) is 0 Å². The Morgan fingerprint density at radius 2 is 1.67 bits per heavy atom. The quantitative estimate of drug-likeness (QED) is 0.282. The zero-order valence-electron chi connectivity index (χ0n) is 23.2. The number of aryl methyl sites for hydroxylation is 1. The molecular weight excluding hydrogens is 571 g/mol. The van der Waals surface area contributed by atoms with Crippen molar-refractivity contribution in [3.8, 4) is 0 Å². The molecule has 1 amide bonds. The maximum Gasteiger partial charge on any atom is 0.341 e. The van der Waals surface area contributed by atoms with Crippen molar-refractivity contribution in [2.45, 2.75) is 37.2 Å². The molecule has 6 rings (SSSR count). The third-order valence-electron chi connectivity index (χ3n) is 7.77. The van der Waals surface area contributed by atoms with E-state index in [2.05, 4.69) is 22.3 Å². The Hall–Kier alpha value is -3.99. The lowest BCUT2D eigenvalue weighted by molar-refractivity contribution is 0.0600. The van der Waals surface area contributed by atoms with Crippen LogP contribution in [0.1, 0.15) is 48.7 Å². The summed E-state index contributed by atoms with van der Waals surface area (Å²) < 4.78 is 33.5. The highest BCUT2D eigenvalue weighted by molar-refractivity contribution is 7.92. The number of fused-ring (bicyclic) bond motifs is 2. The summed E-state index contributed by atoms with van der Waals surface area (Å²) >= 11 is 1.39. The van der Waals surface area contributed by atoms with Gasteiger partial charge in [-0.15, -0.1) is 11.3 Å². The molecule has 1 N–H and O–H groups in total. The number of para-hydroxylation sites is 1. The number of thiophene rings is 1. The molecule has 2 aliphatic rings. The van der Waals surface area contributed by atoms with Gasteiger partial charge in [-0.2, -0.15) is 0 Å². The van der Waals surface area contributed by atoms with Crippen LogP contribution < -0.4 is 9.62 Å². The molecule has 3 aromatic carbocycles. The number of hydrogen-bond donors (Lipinski definition) is 1. The first-order valence-corrected chi connectivity index (χ1v) is 16.1. The molecule has 4 aromatic rings. The molecule has 0 fully saturated rings. The van der Waals surface area contributed by atoms with E-state index in [0.717, 1.165) is 41.9 Å². The number of carbonyl (C=O) groups is 2. The number of ether oxygens (including phenoxy) is 1. The van der Waals surface area contributed by atoms with E-state index in [1.54, 1.807) is 0 Å². The van der Waals surface area contributed by atoms with Gasteiger partial charge >= 0.3 is 5.97 Å². The van der Waals surface area contributed by atoms with Crippen molar-refractivity contribution in [3.05, 3.63) is 112 Å². The minimum absolute atomic E-state index is 0.121. The average Bonchev–Trinajstić information content (AvgIpc) is 3.37. The minimum Gasteiger partial charge on any atom is -0.465 e.